The fourth-order valence-corrected chi connectivity index (χ4v) is 14.2. The van der Waals surface area contributed by atoms with Crippen LogP contribution in [0.25, 0.3) is 0 Å². The number of nitrogens with zero attached hydrogens (tertiary/aromatic N) is 4. The average molecular weight is 1280 g/mol. The molecular weight excluding hydrogens is 1140 g/mol. The molecule has 92 heavy (non-hydrogen) atoms. The van der Waals surface area contributed by atoms with Crippen LogP contribution in [0.15, 0.2) is 48.5 Å². The van der Waals surface area contributed by atoms with Crippen molar-refractivity contribution in [2.24, 2.45) is 22.9 Å². The number of ether oxygens (including phenoxy) is 4. The summed E-state index contributed by atoms with van der Waals surface area (Å²) < 4.78 is 33.0. The number of nitrogens with two attached hydrogens (primary N) is 4. The van der Waals surface area contributed by atoms with Crippen LogP contribution in [0.3, 0.4) is 0 Å². The molecule has 0 aliphatic heterocycles. The van der Waals surface area contributed by atoms with Crippen LogP contribution in [0.2, 0.25) is 0 Å². The standard InChI is InChI=1S/C80H140N8O4/c1-13-17-21-25-29-33-45-89-77-69-49-65(61-85(5,6)41-37-81)50-70(77)58-72-52-67(63-87(9,10)43-39-83)54-74(79(72)91-47-35-31-27-23-19-15-3)60-76-56-68(64-88(11,12)44-40-84)55-75(80(76)92-48-36-32-28-24-20-16-4)59-73-53-66(62-86(7,8)42-38-82)51-71(57-69)78(73)90-46-34-30-26-22-18-14-2/h49-56H,13-48,57-64,81-84H2,1-12H3/q+4. The van der Waals surface area contributed by atoms with Crippen LogP contribution in [0.5, 0.6) is 23.0 Å². The molecule has 0 atom stereocenters. The minimum atomic E-state index is 0.619. The van der Waals surface area contributed by atoms with Gasteiger partial charge in [0.05, 0.1) is 109 Å². The molecule has 1 aliphatic carbocycles. The molecule has 12 nitrogen and oxygen atoms in total. The molecule has 4 aromatic carbocycles. The minimum Gasteiger partial charge on any atom is -0.493 e. The number of unbranched alkanes of at least 4 members (excludes halogenated alkanes) is 20. The maximum Gasteiger partial charge on any atom is 0.126 e. The zero-order chi connectivity index (χ0) is 66.8. The van der Waals surface area contributed by atoms with Crippen molar-refractivity contribution in [1.82, 2.24) is 0 Å². The molecule has 520 valence electrons. The normalized spacial score (nSPS) is 13.0. The number of quaternary nitrogens is 4. The Morgan fingerprint density at radius 1 is 0.261 bits per heavy atom. The van der Waals surface area contributed by atoms with Gasteiger partial charge in [0.1, 0.15) is 49.2 Å². The zero-order valence-electron chi connectivity index (χ0n) is 61.5. The summed E-state index contributed by atoms with van der Waals surface area (Å²) in [7, 11) is 18.6. The van der Waals surface area contributed by atoms with Crippen LogP contribution in [0.4, 0.5) is 0 Å². The van der Waals surface area contributed by atoms with E-state index < -0.39 is 0 Å². The lowest BCUT2D eigenvalue weighted by molar-refractivity contribution is -0.902. The molecule has 5 rings (SSSR count). The largest absolute Gasteiger partial charge is 0.493 e. The maximum absolute atomic E-state index is 7.48. The number of hydrogen-bond donors (Lipinski definition) is 4. The molecule has 0 unspecified atom stereocenters. The smallest absolute Gasteiger partial charge is 0.126 e. The van der Waals surface area contributed by atoms with Gasteiger partial charge in [0, 0.05) is 74.1 Å². The summed E-state index contributed by atoms with van der Waals surface area (Å²) in [6.07, 6.45) is 31.3. The van der Waals surface area contributed by atoms with Crippen molar-refractivity contribution < 1.29 is 36.9 Å². The first-order chi connectivity index (χ1) is 44.2. The summed E-state index contributed by atoms with van der Waals surface area (Å²) in [4.78, 5) is 0. The highest BCUT2D eigenvalue weighted by molar-refractivity contribution is 5.58. The Bertz CT molecular complexity index is 2260. The van der Waals surface area contributed by atoms with Gasteiger partial charge in [-0.2, -0.15) is 0 Å². The van der Waals surface area contributed by atoms with Gasteiger partial charge < -0.3 is 59.8 Å². The Morgan fingerprint density at radius 2 is 0.424 bits per heavy atom. The molecule has 0 radical (unpaired) electrons. The predicted octanol–water partition coefficient (Wildman–Crippen LogP) is 15.5. The van der Waals surface area contributed by atoms with E-state index in [1.54, 1.807) is 0 Å². The van der Waals surface area contributed by atoms with E-state index in [4.69, 9.17) is 41.9 Å². The van der Waals surface area contributed by atoms with Crippen LogP contribution >= 0.6 is 0 Å². The van der Waals surface area contributed by atoms with Gasteiger partial charge in [0.2, 0.25) is 0 Å². The summed E-state index contributed by atoms with van der Waals surface area (Å²) in [5.41, 5.74) is 40.6. The highest BCUT2D eigenvalue weighted by atomic mass is 16.5. The summed E-state index contributed by atoms with van der Waals surface area (Å²) >= 11 is 0. The number of hydrogen-bond acceptors (Lipinski definition) is 8. The first kappa shape index (κ1) is 78.5. The molecule has 0 amide bonds. The molecule has 0 saturated heterocycles. The van der Waals surface area contributed by atoms with Crippen molar-refractivity contribution in [3.05, 3.63) is 115 Å². The molecule has 0 spiro atoms. The minimum absolute atomic E-state index is 0.619. The fraction of sp³-hybridized carbons (Fsp3) is 0.700. The second-order valence-corrected chi connectivity index (χ2v) is 30.6. The molecule has 0 aromatic heterocycles. The molecule has 4 aromatic rings. The first-order valence-electron chi connectivity index (χ1n) is 37.4. The Morgan fingerprint density at radius 3 is 0.587 bits per heavy atom. The molecule has 8 bridgehead atoms. The van der Waals surface area contributed by atoms with E-state index in [-0.39, 0.29) is 0 Å². The highest BCUT2D eigenvalue weighted by Gasteiger charge is 2.29. The average Bonchev–Trinajstić information content (AvgIpc) is 0.834. The topological polar surface area (TPSA) is 141 Å². The van der Waals surface area contributed by atoms with E-state index in [1.807, 2.05) is 0 Å². The van der Waals surface area contributed by atoms with Gasteiger partial charge >= 0.3 is 0 Å². The Kier molecular flexibility index (Phi) is 35.5. The van der Waals surface area contributed by atoms with Gasteiger partial charge in [-0.15, -0.1) is 0 Å². The van der Waals surface area contributed by atoms with Crippen molar-refractivity contribution in [1.29, 1.82) is 0 Å². The van der Waals surface area contributed by atoms with Crippen LogP contribution < -0.4 is 41.9 Å². The fourth-order valence-electron chi connectivity index (χ4n) is 14.2. The SMILES string of the molecule is CCCCCCCCOc1c2cc(C[N+](C)(C)CCN)cc1Cc1cc(C[N+](C)(C)CCN)cc(c1OCCCCCCCC)Cc1cc(C[N+](C)(C)CCN)cc(c1OCCCCCCCC)Cc1cc(C[N+](C)(C)CCN)cc(c1OCCCCCCCC)C2. The van der Waals surface area contributed by atoms with Gasteiger partial charge in [-0.3, -0.25) is 0 Å². The third-order valence-electron chi connectivity index (χ3n) is 19.1. The molecule has 8 N–H and O–H groups in total. The molecule has 12 heteroatoms. The second kappa shape index (κ2) is 41.7. The van der Waals surface area contributed by atoms with Crippen molar-refractivity contribution in [3.63, 3.8) is 0 Å². The lowest BCUT2D eigenvalue weighted by Crippen LogP contribution is -2.42. The van der Waals surface area contributed by atoms with E-state index in [1.165, 1.54) is 169 Å². The Labute approximate surface area is 564 Å². The van der Waals surface area contributed by atoms with Crippen LogP contribution in [0.1, 0.15) is 249 Å². The monoisotopic (exact) mass is 1280 g/mol. The van der Waals surface area contributed by atoms with E-state index >= 15 is 0 Å². The maximum atomic E-state index is 7.48. The second-order valence-electron chi connectivity index (χ2n) is 30.6. The van der Waals surface area contributed by atoms with Gasteiger partial charge in [-0.25, -0.2) is 0 Å². The molecule has 0 fully saturated rings. The first-order valence-corrected chi connectivity index (χ1v) is 37.4. The summed E-state index contributed by atoms with van der Waals surface area (Å²) in [6, 6.07) is 20.0. The molecule has 1 aliphatic rings. The summed E-state index contributed by atoms with van der Waals surface area (Å²) in [6.45, 7) is 21.1. The lowest BCUT2D eigenvalue weighted by Gasteiger charge is -2.31. The van der Waals surface area contributed by atoms with Crippen molar-refractivity contribution in [2.75, 3.05) is 135 Å². The van der Waals surface area contributed by atoms with E-state index in [2.05, 4.69) is 133 Å². The third-order valence-corrected chi connectivity index (χ3v) is 19.1. The van der Waals surface area contributed by atoms with E-state index in [9.17, 15) is 0 Å². The van der Waals surface area contributed by atoms with Crippen LogP contribution in [-0.2, 0) is 51.9 Å². The van der Waals surface area contributed by atoms with Gasteiger partial charge in [-0.1, -0.05) is 156 Å². The third kappa shape index (κ3) is 28.2. The number of fused-ring (bicyclic) bond motifs is 8. The Hall–Kier alpha value is -4.24. The van der Waals surface area contributed by atoms with E-state index in [0.29, 0.717) is 78.3 Å². The van der Waals surface area contributed by atoms with Crippen molar-refractivity contribution >= 4 is 0 Å². The van der Waals surface area contributed by atoms with Gasteiger partial charge in [-0.05, 0) is 119 Å². The Balaban J connectivity index is 1.99. The van der Waals surface area contributed by atoms with Crippen molar-refractivity contribution in [2.45, 2.75) is 234 Å². The van der Waals surface area contributed by atoms with Gasteiger partial charge in [0.15, 0.2) is 0 Å². The quantitative estimate of drug-likeness (QED) is 0.0223. The zero-order valence-corrected chi connectivity index (χ0v) is 61.5. The number of likely N-dealkylation sites (N-methyl/N-ethyl adjacent to an activating group) is 4. The van der Waals surface area contributed by atoms with Gasteiger partial charge in [0.25, 0.3) is 0 Å². The number of rotatable bonds is 48. The van der Waals surface area contributed by atoms with E-state index in [0.717, 1.165) is 145 Å². The highest BCUT2D eigenvalue weighted by Crippen LogP contribution is 2.42. The lowest BCUT2D eigenvalue weighted by atomic mass is 9.88. The summed E-state index contributed by atoms with van der Waals surface area (Å²) in [5.74, 6) is 4.05. The van der Waals surface area contributed by atoms with Crippen LogP contribution in [0, 0.1) is 0 Å². The number of benzene rings is 4. The summed E-state index contributed by atoms with van der Waals surface area (Å²) in [5, 5.41) is 0. The molecular formula is C80H140N8O4+4. The molecule has 0 saturated carbocycles. The molecule has 0 heterocycles. The predicted molar refractivity (Wildman–Crippen MR) is 391 cm³/mol. The van der Waals surface area contributed by atoms with Crippen LogP contribution in [-0.4, -0.2) is 153 Å². The van der Waals surface area contributed by atoms with Crippen molar-refractivity contribution in [3.8, 4) is 23.0 Å².